The first kappa shape index (κ1) is 9.84. The quantitative estimate of drug-likeness (QED) is 0.710. The lowest BCUT2D eigenvalue weighted by Gasteiger charge is -2.12. The summed E-state index contributed by atoms with van der Waals surface area (Å²) >= 11 is 0. The standard InChI is InChI=1S/C8H13F3O/c1-2-3-6-4-7(6,12)5-8(9,10)11/h6,12H,2-5H2,1H3. The third kappa shape index (κ3) is 2.37. The van der Waals surface area contributed by atoms with Crippen LogP contribution in [0.2, 0.25) is 0 Å². The normalized spacial score (nSPS) is 35.2. The molecule has 1 fully saturated rings. The van der Waals surface area contributed by atoms with Crippen LogP contribution >= 0.6 is 0 Å². The predicted molar refractivity (Wildman–Crippen MR) is 38.6 cm³/mol. The second kappa shape index (κ2) is 2.91. The fraction of sp³-hybridized carbons (Fsp3) is 1.00. The molecule has 0 aromatic rings. The van der Waals surface area contributed by atoms with Gasteiger partial charge in [0.2, 0.25) is 0 Å². The van der Waals surface area contributed by atoms with Crippen LogP contribution in [0.5, 0.6) is 0 Å². The van der Waals surface area contributed by atoms with E-state index in [1.165, 1.54) is 0 Å². The fourth-order valence-electron chi connectivity index (χ4n) is 1.65. The maximum absolute atomic E-state index is 11.8. The lowest BCUT2D eigenvalue weighted by molar-refractivity contribution is -0.160. The molecule has 0 radical (unpaired) electrons. The van der Waals surface area contributed by atoms with E-state index in [-0.39, 0.29) is 5.92 Å². The molecule has 0 aliphatic heterocycles. The zero-order valence-corrected chi connectivity index (χ0v) is 6.99. The van der Waals surface area contributed by atoms with Crippen LogP contribution in [0.1, 0.15) is 32.6 Å². The van der Waals surface area contributed by atoms with E-state index in [9.17, 15) is 18.3 Å². The molecule has 72 valence electrons. The number of alkyl halides is 3. The summed E-state index contributed by atoms with van der Waals surface area (Å²) in [6, 6.07) is 0. The number of hydrogen-bond acceptors (Lipinski definition) is 1. The molecule has 1 aliphatic rings. The SMILES string of the molecule is CCCC1CC1(O)CC(F)(F)F. The average molecular weight is 182 g/mol. The Balaban J connectivity index is 2.35. The highest BCUT2D eigenvalue weighted by molar-refractivity contribution is 5.04. The number of aliphatic hydroxyl groups is 1. The Bertz CT molecular complexity index is 166. The van der Waals surface area contributed by atoms with Gasteiger partial charge in [0, 0.05) is 0 Å². The first-order chi connectivity index (χ1) is 5.37. The Morgan fingerprint density at radius 3 is 2.50 bits per heavy atom. The second-order valence-corrected chi connectivity index (χ2v) is 3.59. The molecule has 0 heterocycles. The summed E-state index contributed by atoms with van der Waals surface area (Å²) in [5.74, 6) is -0.121. The Hall–Kier alpha value is -0.250. The van der Waals surface area contributed by atoms with Crippen molar-refractivity contribution in [1.29, 1.82) is 0 Å². The monoisotopic (exact) mass is 182 g/mol. The van der Waals surface area contributed by atoms with Gasteiger partial charge >= 0.3 is 6.18 Å². The maximum atomic E-state index is 11.8. The van der Waals surface area contributed by atoms with Gasteiger partial charge in [0.1, 0.15) is 0 Å². The van der Waals surface area contributed by atoms with Gasteiger partial charge in [-0.2, -0.15) is 13.2 Å². The minimum atomic E-state index is -4.22. The number of rotatable bonds is 3. The van der Waals surface area contributed by atoms with Crippen molar-refractivity contribution in [3.05, 3.63) is 0 Å². The van der Waals surface area contributed by atoms with E-state index in [1.54, 1.807) is 0 Å². The zero-order valence-electron chi connectivity index (χ0n) is 6.99. The molecule has 0 aromatic heterocycles. The molecule has 0 bridgehead atoms. The second-order valence-electron chi connectivity index (χ2n) is 3.59. The molecule has 0 aromatic carbocycles. The van der Waals surface area contributed by atoms with E-state index in [1.807, 2.05) is 6.92 Å². The van der Waals surface area contributed by atoms with Gasteiger partial charge in [-0.15, -0.1) is 0 Å². The van der Waals surface area contributed by atoms with Crippen LogP contribution in [0.4, 0.5) is 13.2 Å². The van der Waals surface area contributed by atoms with Crippen LogP contribution in [0, 0.1) is 5.92 Å². The van der Waals surface area contributed by atoms with Gasteiger partial charge in [-0.1, -0.05) is 13.3 Å². The van der Waals surface area contributed by atoms with Crippen LogP contribution < -0.4 is 0 Å². The minimum absolute atomic E-state index is 0.121. The van der Waals surface area contributed by atoms with Crippen LogP contribution in [0.25, 0.3) is 0 Å². The molecule has 0 spiro atoms. The molecular weight excluding hydrogens is 169 g/mol. The third-order valence-electron chi connectivity index (χ3n) is 2.34. The lowest BCUT2D eigenvalue weighted by atomic mass is 10.1. The van der Waals surface area contributed by atoms with Crippen molar-refractivity contribution in [2.24, 2.45) is 5.92 Å². The summed E-state index contributed by atoms with van der Waals surface area (Å²) < 4.78 is 35.5. The van der Waals surface area contributed by atoms with Gasteiger partial charge in [-0.25, -0.2) is 0 Å². The molecule has 0 saturated heterocycles. The van der Waals surface area contributed by atoms with Crippen molar-refractivity contribution < 1.29 is 18.3 Å². The molecule has 2 atom stereocenters. The molecule has 1 N–H and O–H groups in total. The Morgan fingerprint density at radius 2 is 2.08 bits per heavy atom. The summed E-state index contributed by atoms with van der Waals surface area (Å²) in [5, 5.41) is 9.34. The summed E-state index contributed by atoms with van der Waals surface area (Å²) in [7, 11) is 0. The van der Waals surface area contributed by atoms with Gasteiger partial charge in [-0.05, 0) is 18.8 Å². The highest BCUT2D eigenvalue weighted by Crippen LogP contribution is 2.52. The Labute approximate surface area is 69.6 Å². The van der Waals surface area contributed by atoms with Gasteiger partial charge < -0.3 is 5.11 Å². The topological polar surface area (TPSA) is 20.2 Å². The van der Waals surface area contributed by atoms with Gasteiger partial charge in [-0.3, -0.25) is 0 Å². The third-order valence-corrected chi connectivity index (χ3v) is 2.34. The largest absolute Gasteiger partial charge is 0.391 e. The van der Waals surface area contributed by atoms with Crippen LogP contribution in [0.3, 0.4) is 0 Å². The number of hydrogen-bond donors (Lipinski definition) is 1. The molecule has 1 aliphatic carbocycles. The van der Waals surface area contributed by atoms with Crippen molar-refractivity contribution in [3.63, 3.8) is 0 Å². The summed E-state index contributed by atoms with van der Waals surface area (Å²) in [5.41, 5.74) is -1.42. The summed E-state index contributed by atoms with van der Waals surface area (Å²) in [4.78, 5) is 0. The van der Waals surface area contributed by atoms with E-state index >= 15 is 0 Å². The molecule has 4 heteroatoms. The Kier molecular flexibility index (Phi) is 2.38. The Morgan fingerprint density at radius 1 is 1.50 bits per heavy atom. The molecular formula is C8H13F3O. The smallest absolute Gasteiger partial charge is 0.389 e. The van der Waals surface area contributed by atoms with E-state index in [2.05, 4.69) is 0 Å². The average Bonchev–Trinajstić information content (AvgIpc) is 2.37. The van der Waals surface area contributed by atoms with Crippen molar-refractivity contribution in [2.75, 3.05) is 0 Å². The zero-order chi connectivity index (χ0) is 9.41. The summed E-state index contributed by atoms with van der Waals surface area (Å²) in [6.45, 7) is 1.91. The summed E-state index contributed by atoms with van der Waals surface area (Å²) in [6.07, 6.45) is -3.40. The molecule has 1 saturated carbocycles. The van der Waals surface area contributed by atoms with E-state index in [4.69, 9.17) is 0 Å². The van der Waals surface area contributed by atoms with Gasteiger partial charge in [0.05, 0.1) is 12.0 Å². The minimum Gasteiger partial charge on any atom is -0.389 e. The van der Waals surface area contributed by atoms with Crippen LogP contribution in [0.15, 0.2) is 0 Å². The van der Waals surface area contributed by atoms with Crippen LogP contribution in [-0.2, 0) is 0 Å². The highest BCUT2D eigenvalue weighted by Gasteiger charge is 2.57. The predicted octanol–water partition coefficient (Wildman–Crippen LogP) is 2.49. The van der Waals surface area contributed by atoms with Crippen molar-refractivity contribution in [1.82, 2.24) is 0 Å². The van der Waals surface area contributed by atoms with Crippen molar-refractivity contribution in [2.45, 2.75) is 44.4 Å². The molecule has 0 amide bonds. The first-order valence-corrected chi connectivity index (χ1v) is 4.16. The van der Waals surface area contributed by atoms with Crippen LogP contribution in [-0.4, -0.2) is 16.9 Å². The maximum Gasteiger partial charge on any atom is 0.391 e. The van der Waals surface area contributed by atoms with E-state index in [0.29, 0.717) is 12.8 Å². The molecule has 2 unspecified atom stereocenters. The molecule has 1 rings (SSSR count). The van der Waals surface area contributed by atoms with Gasteiger partial charge in [0.25, 0.3) is 0 Å². The lowest BCUT2D eigenvalue weighted by Crippen LogP contribution is -2.22. The fourth-order valence-corrected chi connectivity index (χ4v) is 1.65. The van der Waals surface area contributed by atoms with E-state index < -0.39 is 18.2 Å². The first-order valence-electron chi connectivity index (χ1n) is 4.16. The molecule has 12 heavy (non-hydrogen) atoms. The van der Waals surface area contributed by atoms with Crippen molar-refractivity contribution in [3.8, 4) is 0 Å². The number of halogens is 3. The van der Waals surface area contributed by atoms with Gasteiger partial charge in [0.15, 0.2) is 0 Å². The highest BCUT2D eigenvalue weighted by atomic mass is 19.4. The van der Waals surface area contributed by atoms with Crippen molar-refractivity contribution >= 4 is 0 Å². The molecule has 1 nitrogen and oxygen atoms in total. The van der Waals surface area contributed by atoms with E-state index in [0.717, 1.165) is 6.42 Å².